The molecule has 218 valence electrons. The molecule has 0 aliphatic heterocycles. The molecule has 0 fully saturated rings. The minimum atomic E-state index is -0.949. The second kappa shape index (κ2) is 18.6. The minimum absolute atomic E-state index is 0. The van der Waals surface area contributed by atoms with Crippen LogP contribution in [0.15, 0.2) is 42.6 Å². The van der Waals surface area contributed by atoms with E-state index in [1.54, 1.807) is 13.8 Å². The molecule has 10 nitrogen and oxygen atoms in total. The number of ether oxygens (including phenoxy) is 5. The van der Waals surface area contributed by atoms with Gasteiger partial charge < -0.3 is 29.0 Å². The molecule has 0 aliphatic rings. The maximum absolute atomic E-state index is 12.8. The Kier molecular flexibility index (Phi) is 15.9. The van der Waals surface area contributed by atoms with E-state index in [0.29, 0.717) is 13.0 Å². The van der Waals surface area contributed by atoms with Crippen LogP contribution in [-0.4, -0.2) is 62.1 Å². The summed E-state index contributed by atoms with van der Waals surface area (Å²) in [5, 5.41) is 2.54. The second-order valence-electron chi connectivity index (χ2n) is 9.04. The molecule has 2 aromatic rings. The molecule has 0 bridgehead atoms. The Balaban J connectivity index is 0.00000232. The fourth-order valence-electron chi connectivity index (χ4n) is 2.89. The minimum Gasteiger partial charge on any atom is -0.493 e. The van der Waals surface area contributed by atoms with Gasteiger partial charge in [-0.15, -0.1) is 0 Å². The Morgan fingerprint density at radius 2 is 1.69 bits per heavy atom. The van der Waals surface area contributed by atoms with Crippen LogP contribution in [-0.2, 0) is 30.2 Å². The third-order valence-corrected chi connectivity index (χ3v) is 5.35. The van der Waals surface area contributed by atoms with Crippen molar-refractivity contribution in [1.29, 1.82) is 0 Å². The number of pyridine rings is 1. The molecule has 1 amide bonds. The van der Waals surface area contributed by atoms with E-state index in [2.05, 4.69) is 31.1 Å². The number of amides is 1. The van der Waals surface area contributed by atoms with Crippen LogP contribution < -0.4 is 14.8 Å². The summed E-state index contributed by atoms with van der Waals surface area (Å²) in [6.07, 6.45) is 2.83. The molecule has 1 aromatic carbocycles. The normalized spacial score (nSPS) is 11.9. The first-order valence-electron chi connectivity index (χ1n) is 13.1. The highest BCUT2D eigenvalue weighted by Gasteiger charge is 2.25. The summed E-state index contributed by atoms with van der Waals surface area (Å²) in [6.45, 7) is 11.3. The number of hydrogen-bond acceptors (Lipinski definition) is 9. The third-order valence-electron chi connectivity index (χ3n) is 5.35. The predicted molar refractivity (Wildman–Crippen MR) is 149 cm³/mol. The van der Waals surface area contributed by atoms with Crippen LogP contribution >= 0.6 is 0 Å². The summed E-state index contributed by atoms with van der Waals surface area (Å²) in [6, 6.07) is 10.2. The van der Waals surface area contributed by atoms with Gasteiger partial charge in [-0.2, -0.15) is 0 Å². The van der Waals surface area contributed by atoms with E-state index >= 15 is 0 Å². The lowest BCUT2D eigenvalue weighted by Gasteiger charge is -2.19. The lowest BCUT2D eigenvalue weighted by atomic mass is 10.1. The van der Waals surface area contributed by atoms with Crippen LogP contribution in [0.2, 0.25) is 0 Å². The van der Waals surface area contributed by atoms with Gasteiger partial charge in [0.1, 0.15) is 18.8 Å². The Morgan fingerprint density at radius 3 is 2.28 bits per heavy atom. The van der Waals surface area contributed by atoms with Crippen LogP contribution in [0.1, 0.15) is 65.4 Å². The summed E-state index contributed by atoms with van der Waals surface area (Å²) >= 11 is 0. The van der Waals surface area contributed by atoms with E-state index in [-0.39, 0.29) is 31.3 Å². The average Bonchev–Trinajstić information content (AvgIpc) is 2.92. The standard InChI is InChI=1S/C24H30N2O8.C5H12.H2/c1-5-31-14-20(27)32-15-33-22-19(30-4)11-12-25-21(22)23(28)26-17(3)24(29)34-16(2)13-18-9-7-6-8-10-18;1-4-5(2)3;/h6-12,16-17H,5,13-15H2,1-4H3,(H,26,28);5H,4H2,1-3H3;1H/t16-,17-;;/m0../s1. The zero-order chi connectivity index (χ0) is 29.2. The van der Waals surface area contributed by atoms with E-state index in [0.717, 1.165) is 11.5 Å². The molecule has 0 saturated heterocycles. The Labute approximate surface area is 232 Å². The van der Waals surface area contributed by atoms with Crippen molar-refractivity contribution in [3.63, 3.8) is 0 Å². The molecule has 0 spiro atoms. The first-order chi connectivity index (χ1) is 18.6. The number of esters is 2. The number of rotatable bonds is 14. The highest BCUT2D eigenvalue weighted by Crippen LogP contribution is 2.29. The molecular formula is C29H44N2O8. The van der Waals surface area contributed by atoms with Crippen molar-refractivity contribution >= 4 is 17.8 Å². The van der Waals surface area contributed by atoms with E-state index in [9.17, 15) is 14.4 Å². The number of aromatic nitrogens is 1. The van der Waals surface area contributed by atoms with Crippen molar-refractivity contribution in [2.45, 2.75) is 66.5 Å². The topological polar surface area (TPSA) is 122 Å². The fourth-order valence-corrected chi connectivity index (χ4v) is 2.89. The monoisotopic (exact) mass is 548 g/mol. The summed E-state index contributed by atoms with van der Waals surface area (Å²) in [7, 11) is 1.39. The fraction of sp³-hybridized carbons (Fsp3) is 0.517. The van der Waals surface area contributed by atoms with Gasteiger partial charge in [-0.1, -0.05) is 57.5 Å². The van der Waals surface area contributed by atoms with Crippen LogP contribution in [0, 0.1) is 5.92 Å². The maximum Gasteiger partial charge on any atom is 0.334 e. The van der Waals surface area contributed by atoms with E-state index in [4.69, 9.17) is 23.7 Å². The van der Waals surface area contributed by atoms with Crippen molar-refractivity contribution in [2.24, 2.45) is 5.92 Å². The first-order valence-corrected chi connectivity index (χ1v) is 13.1. The van der Waals surface area contributed by atoms with Crippen molar-refractivity contribution in [3.8, 4) is 11.5 Å². The van der Waals surface area contributed by atoms with Gasteiger partial charge >= 0.3 is 11.9 Å². The Morgan fingerprint density at radius 1 is 1.03 bits per heavy atom. The van der Waals surface area contributed by atoms with Crippen molar-refractivity contribution in [1.82, 2.24) is 10.3 Å². The van der Waals surface area contributed by atoms with Crippen molar-refractivity contribution in [2.75, 3.05) is 27.1 Å². The number of benzene rings is 1. The summed E-state index contributed by atoms with van der Waals surface area (Å²) in [5.41, 5.74) is 0.890. The maximum atomic E-state index is 12.8. The van der Waals surface area contributed by atoms with Gasteiger partial charge in [-0.25, -0.2) is 14.6 Å². The molecule has 2 rings (SSSR count). The zero-order valence-electron chi connectivity index (χ0n) is 24.0. The van der Waals surface area contributed by atoms with E-state index < -0.39 is 30.7 Å². The highest BCUT2D eigenvalue weighted by atomic mass is 16.7. The van der Waals surface area contributed by atoms with Gasteiger partial charge in [-0.3, -0.25) is 4.79 Å². The summed E-state index contributed by atoms with van der Waals surface area (Å²) in [4.78, 5) is 40.9. The molecule has 0 aliphatic carbocycles. The van der Waals surface area contributed by atoms with Crippen LogP contribution in [0.25, 0.3) is 0 Å². The van der Waals surface area contributed by atoms with E-state index in [1.807, 2.05) is 30.3 Å². The third kappa shape index (κ3) is 13.1. The number of nitrogens with zero attached hydrogens (tertiary/aromatic N) is 1. The second-order valence-corrected chi connectivity index (χ2v) is 9.04. The molecule has 2 atom stereocenters. The van der Waals surface area contributed by atoms with Crippen molar-refractivity contribution in [3.05, 3.63) is 53.9 Å². The van der Waals surface area contributed by atoms with Gasteiger partial charge in [-0.05, 0) is 32.3 Å². The largest absolute Gasteiger partial charge is 0.493 e. The molecule has 1 heterocycles. The average molecular weight is 549 g/mol. The smallest absolute Gasteiger partial charge is 0.334 e. The van der Waals surface area contributed by atoms with Crippen LogP contribution in [0.3, 0.4) is 0 Å². The van der Waals surface area contributed by atoms with Crippen LogP contribution in [0.5, 0.6) is 11.5 Å². The number of carbonyl (C=O) groups is 3. The first kappa shape index (κ1) is 33.4. The number of methoxy groups -OCH3 is 1. The highest BCUT2D eigenvalue weighted by molar-refractivity contribution is 5.98. The zero-order valence-corrected chi connectivity index (χ0v) is 24.0. The molecule has 0 saturated carbocycles. The summed E-state index contributed by atoms with van der Waals surface area (Å²) in [5.74, 6) is -0.856. The summed E-state index contributed by atoms with van der Waals surface area (Å²) < 4.78 is 26.0. The molecule has 1 N–H and O–H groups in total. The number of hydrogen-bond donors (Lipinski definition) is 1. The molecule has 0 radical (unpaired) electrons. The van der Waals surface area contributed by atoms with Gasteiger partial charge in [0.2, 0.25) is 6.79 Å². The van der Waals surface area contributed by atoms with Gasteiger partial charge in [0.25, 0.3) is 5.91 Å². The molecule has 0 unspecified atom stereocenters. The Bertz CT molecular complexity index is 1020. The van der Waals surface area contributed by atoms with Gasteiger partial charge in [0.15, 0.2) is 17.2 Å². The predicted octanol–water partition coefficient (Wildman–Crippen LogP) is 4.60. The molecule has 1 aromatic heterocycles. The number of nitrogens with one attached hydrogen (secondary N) is 1. The molecule has 39 heavy (non-hydrogen) atoms. The van der Waals surface area contributed by atoms with Crippen molar-refractivity contribution < 1.29 is 39.5 Å². The lowest BCUT2D eigenvalue weighted by molar-refractivity contribution is -0.155. The van der Waals surface area contributed by atoms with E-state index in [1.165, 1.54) is 32.7 Å². The molecule has 10 heteroatoms. The van der Waals surface area contributed by atoms with Crippen LogP contribution in [0.4, 0.5) is 0 Å². The SMILES string of the molecule is CCC(C)C.CCOCC(=O)OCOc1c(OC)ccnc1C(=O)N[C@@H](C)C(=O)O[C@@H](C)Cc1ccccc1.[HH]. The Hall–Kier alpha value is -3.66. The quantitative estimate of drug-likeness (QED) is 0.267. The van der Waals surface area contributed by atoms with Gasteiger partial charge in [0, 0.05) is 26.7 Å². The van der Waals surface area contributed by atoms with Gasteiger partial charge in [0.05, 0.1) is 7.11 Å². The lowest BCUT2D eigenvalue weighted by Crippen LogP contribution is -2.41. The molecular weight excluding hydrogens is 504 g/mol. The number of carbonyl (C=O) groups excluding carboxylic acids is 3.